The molecular formula is C23H33N3O4. The van der Waals surface area contributed by atoms with Gasteiger partial charge in [0.25, 0.3) is 0 Å². The first-order valence-corrected chi connectivity index (χ1v) is 10.6. The molecule has 164 valence electrons. The molecule has 2 amide bonds. The molecule has 2 fully saturated rings. The Labute approximate surface area is 179 Å². The Morgan fingerprint density at radius 2 is 1.77 bits per heavy atom. The largest absolute Gasteiger partial charge is 0.445 e. The van der Waals surface area contributed by atoms with Gasteiger partial charge in [-0.15, -0.1) is 6.58 Å². The van der Waals surface area contributed by atoms with Gasteiger partial charge in [-0.05, 0) is 32.8 Å². The zero-order valence-electron chi connectivity index (χ0n) is 18.3. The van der Waals surface area contributed by atoms with Crippen molar-refractivity contribution in [2.75, 3.05) is 32.7 Å². The van der Waals surface area contributed by atoms with E-state index in [0.717, 1.165) is 25.1 Å². The normalized spacial score (nSPS) is 22.2. The van der Waals surface area contributed by atoms with Gasteiger partial charge in [-0.25, -0.2) is 9.59 Å². The molecule has 3 rings (SSSR count). The SMILES string of the molecule is C=CC[C@H]1[C@@H](N2CCN(C(=O)OCc3ccccc3)CC2)CN1C(=O)OC(C)(C)C. The third-order valence-electron chi connectivity index (χ3n) is 5.51. The molecule has 2 atom stereocenters. The predicted molar refractivity (Wildman–Crippen MR) is 115 cm³/mol. The first-order chi connectivity index (χ1) is 14.3. The minimum Gasteiger partial charge on any atom is -0.445 e. The van der Waals surface area contributed by atoms with Gasteiger partial charge in [-0.1, -0.05) is 36.4 Å². The van der Waals surface area contributed by atoms with Crippen molar-refractivity contribution >= 4 is 12.2 Å². The lowest BCUT2D eigenvalue weighted by Crippen LogP contribution is -2.70. The summed E-state index contributed by atoms with van der Waals surface area (Å²) in [5.41, 5.74) is 0.473. The van der Waals surface area contributed by atoms with Gasteiger partial charge in [0.1, 0.15) is 12.2 Å². The molecular weight excluding hydrogens is 382 g/mol. The number of carbonyl (C=O) groups is 2. The van der Waals surface area contributed by atoms with Crippen LogP contribution in [0.4, 0.5) is 9.59 Å². The predicted octanol–water partition coefficient (Wildman–Crippen LogP) is 3.50. The molecule has 0 aromatic heterocycles. The highest BCUT2D eigenvalue weighted by Gasteiger charge is 2.46. The average Bonchev–Trinajstić information content (AvgIpc) is 2.69. The van der Waals surface area contributed by atoms with Crippen molar-refractivity contribution in [3.63, 3.8) is 0 Å². The molecule has 0 spiro atoms. The monoisotopic (exact) mass is 415 g/mol. The fraction of sp³-hybridized carbons (Fsp3) is 0.565. The Bertz CT molecular complexity index is 739. The minimum absolute atomic E-state index is 0.0638. The number of piperazine rings is 1. The van der Waals surface area contributed by atoms with E-state index in [9.17, 15) is 9.59 Å². The fourth-order valence-corrected chi connectivity index (χ4v) is 3.92. The van der Waals surface area contributed by atoms with E-state index in [2.05, 4.69) is 11.5 Å². The standard InChI is InChI=1S/C23H33N3O4/c1-5-9-19-20(16-26(19)22(28)30-23(2,3)4)24-12-14-25(15-13-24)21(27)29-17-18-10-7-6-8-11-18/h5-8,10-11,19-20H,1,9,12-17H2,2-4H3/t19-,20-/m0/s1. The number of amides is 2. The molecule has 0 N–H and O–H groups in total. The van der Waals surface area contributed by atoms with Gasteiger partial charge in [-0.3, -0.25) is 4.90 Å². The van der Waals surface area contributed by atoms with E-state index in [4.69, 9.17) is 9.47 Å². The van der Waals surface area contributed by atoms with Crippen molar-refractivity contribution in [2.45, 2.75) is 51.5 Å². The number of nitrogens with zero attached hydrogens (tertiary/aromatic N) is 3. The van der Waals surface area contributed by atoms with Gasteiger partial charge in [0.05, 0.1) is 6.04 Å². The first-order valence-electron chi connectivity index (χ1n) is 10.6. The van der Waals surface area contributed by atoms with Gasteiger partial charge in [-0.2, -0.15) is 0 Å². The highest BCUT2D eigenvalue weighted by atomic mass is 16.6. The molecule has 2 aliphatic rings. The van der Waals surface area contributed by atoms with Crippen LogP contribution in [0.3, 0.4) is 0 Å². The number of carbonyl (C=O) groups excluding carboxylic acids is 2. The van der Waals surface area contributed by atoms with Crippen LogP contribution in [-0.4, -0.2) is 77.3 Å². The van der Waals surface area contributed by atoms with Crippen LogP contribution in [0.5, 0.6) is 0 Å². The molecule has 7 heteroatoms. The Balaban J connectivity index is 1.47. The van der Waals surface area contributed by atoms with Crippen LogP contribution in [0.2, 0.25) is 0 Å². The van der Waals surface area contributed by atoms with E-state index in [1.165, 1.54) is 0 Å². The molecule has 1 aromatic rings. The van der Waals surface area contributed by atoms with E-state index in [1.54, 1.807) is 9.80 Å². The van der Waals surface area contributed by atoms with Gasteiger partial charge in [0.15, 0.2) is 0 Å². The lowest BCUT2D eigenvalue weighted by atomic mass is 9.91. The van der Waals surface area contributed by atoms with E-state index in [1.807, 2.05) is 57.2 Å². The van der Waals surface area contributed by atoms with E-state index < -0.39 is 5.60 Å². The van der Waals surface area contributed by atoms with E-state index in [-0.39, 0.29) is 30.9 Å². The molecule has 2 heterocycles. The second kappa shape index (κ2) is 9.51. The average molecular weight is 416 g/mol. The molecule has 7 nitrogen and oxygen atoms in total. The van der Waals surface area contributed by atoms with Gasteiger partial charge < -0.3 is 19.3 Å². The Hall–Kier alpha value is -2.54. The fourth-order valence-electron chi connectivity index (χ4n) is 3.92. The van der Waals surface area contributed by atoms with Crippen molar-refractivity contribution in [1.29, 1.82) is 0 Å². The summed E-state index contributed by atoms with van der Waals surface area (Å²) in [6.07, 6.45) is 2.04. The Kier molecular flexibility index (Phi) is 7.02. The van der Waals surface area contributed by atoms with Gasteiger partial charge >= 0.3 is 12.2 Å². The summed E-state index contributed by atoms with van der Waals surface area (Å²) in [5, 5.41) is 0. The smallest absolute Gasteiger partial charge is 0.410 e. The zero-order valence-corrected chi connectivity index (χ0v) is 18.3. The number of rotatable bonds is 5. The van der Waals surface area contributed by atoms with Crippen LogP contribution in [0.15, 0.2) is 43.0 Å². The molecule has 30 heavy (non-hydrogen) atoms. The van der Waals surface area contributed by atoms with Crippen molar-refractivity contribution < 1.29 is 19.1 Å². The molecule has 0 bridgehead atoms. The van der Waals surface area contributed by atoms with E-state index >= 15 is 0 Å². The van der Waals surface area contributed by atoms with Crippen molar-refractivity contribution in [3.05, 3.63) is 48.6 Å². The number of ether oxygens (including phenoxy) is 2. The molecule has 2 saturated heterocycles. The lowest BCUT2D eigenvalue weighted by molar-refractivity contribution is -0.0574. The Morgan fingerprint density at radius 1 is 1.10 bits per heavy atom. The summed E-state index contributed by atoms with van der Waals surface area (Å²) in [4.78, 5) is 30.7. The van der Waals surface area contributed by atoms with Crippen LogP contribution < -0.4 is 0 Å². The summed E-state index contributed by atoms with van der Waals surface area (Å²) >= 11 is 0. The highest BCUT2D eigenvalue weighted by Crippen LogP contribution is 2.29. The first kappa shape index (κ1) is 22.2. The molecule has 2 aliphatic heterocycles. The lowest BCUT2D eigenvalue weighted by Gasteiger charge is -2.53. The third-order valence-corrected chi connectivity index (χ3v) is 5.51. The van der Waals surface area contributed by atoms with Crippen LogP contribution in [0, 0.1) is 0 Å². The third kappa shape index (κ3) is 5.53. The van der Waals surface area contributed by atoms with Crippen LogP contribution in [-0.2, 0) is 16.1 Å². The van der Waals surface area contributed by atoms with Crippen LogP contribution in [0.1, 0.15) is 32.8 Å². The molecule has 0 aliphatic carbocycles. The topological polar surface area (TPSA) is 62.3 Å². The maximum absolute atomic E-state index is 12.5. The second-order valence-electron chi connectivity index (χ2n) is 8.85. The number of likely N-dealkylation sites (tertiary alicyclic amines) is 1. The van der Waals surface area contributed by atoms with Crippen molar-refractivity contribution in [3.8, 4) is 0 Å². The maximum atomic E-state index is 12.5. The van der Waals surface area contributed by atoms with Crippen molar-refractivity contribution in [1.82, 2.24) is 14.7 Å². The van der Waals surface area contributed by atoms with Crippen LogP contribution in [0.25, 0.3) is 0 Å². The van der Waals surface area contributed by atoms with E-state index in [0.29, 0.717) is 19.6 Å². The number of hydrogen-bond acceptors (Lipinski definition) is 5. The maximum Gasteiger partial charge on any atom is 0.410 e. The Morgan fingerprint density at radius 3 is 2.37 bits per heavy atom. The zero-order chi connectivity index (χ0) is 21.7. The minimum atomic E-state index is -0.507. The quantitative estimate of drug-likeness (QED) is 0.689. The number of hydrogen-bond donors (Lipinski definition) is 0. The summed E-state index contributed by atoms with van der Waals surface area (Å²) in [7, 11) is 0. The summed E-state index contributed by atoms with van der Waals surface area (Å²) in [6.45, 7) is 13.2. The molecule has 0 saturated carbocycles. The van der Waals surface area contributed by atoms with Gasteiger partial charge in [0, 0.05) is 38.8 Å². The second-order valence-corrected chi connectivity index (χ2v) is 8.85. The summed E-state index contributed by atoms with van der Waals surface area (Å²) in [6, 6.07) is 10.0. The van der Waals surface area contributed by atoms with Crippen LogP contribution >= 0.6 is 0 Å². The molecule has 0 radical (unpaired) electrons. The highest BCUT2D eigenvalue weighted by molar-refractivity contribution is 5.70. The van der Waals surface area contributed by atoms with Crippen molar-refractivity contribution in [2.24, 2.45) is 0 Å². The summed E-state index contributed by atoms with van der Waals surface area (Å²) in [5.74, 6) is 0. The number of benzene rings is 1. The molecule has 1 aromatic carbocycles. The van der Waals surface area contributed by atoms with Gasteiger partial charge in [0.2, 0.25) is 0 Å². The molecule has 0 unspecified atom stereocenters. The summed E-state index contributed by atoms with van der Waals surface area (Å²) < 4.78 is 11.0.